The fourth-order valence-corrected chi connectivity index (χ4v) is 1.09. The fourth-order valence-electron chi connectivity index (χ4n) is 1.09. The lowest BCUT2D eigenvalue weighted by Crippen LogP contribution is -2.30. The van der Waals surface area contributed by atoms with E-state index >= 15 is 0 Å². The van der Waals surface area contributed by atoms with Gasteiger partial charge in [0.25, 0.3) is 5.91 Å². The van der Waals surface area contributed by atoms with E-state index < -0.39 is 12.0 Å². The van der Waals surface area contributed by atoms with Crippen LogP contribution in [0.2, 0.25) is 0 Å². The maximum atomic E-state index is 10.8. The third-order valence-electron chi connectivity index (χ3n) is 2.01. The lowest BCUT2D eigenvalue weighted by molar-refractivity contribution is -0.123. The van der Waals surface area contributed by atoms with Crippen molar-refractivity contribution >= 4 is 5.91 Å². The Balaban J connectivity index is 2.64. The zero-order valence-corrected chi connectivity index (χ0v) is 9.90. The molecule has 1 aromatic rings. The number of hydrogen-bond donors (Lipinski definition) is 1. The van der Waals surface area contributed by atoms with E-state index in [1.807, 2.05) is 0 Å². The third-order valence-corrected chi connectivity index (χ3v) is 2.01. The Labute approximate surface area is 101 Å². The number of nitrogens with two attached hydrogens (primary N) is 1. The van der Waals surface area contributed by atoms with Gasteiger partial charge in [0.2, 0.25) is 0 Å². The highest BCUT2D eigenvalue weighted by atomic mass is 16.5. The maximum Gasteiger partial charge on any atom is 0.258 e. The molecule has 1 rings (SSSR count). The second-order valence-corrected chi connectivity index (χ2v) is 3.35. The Morgan fingerprint density at radius 1 is 1.47 bits per heavy atom. The van der Waals surface area contributed by atoms with Gasteiger partial charge in [0.1, 0.15) is 18.1 Å². The van der Waals surface area contributed by atoms with Crippen LogP contribution in [-0.4, -0.2) is 18.6 Å². The number of hydrogen-bond acceptors (Lipinski definition) is 3. The highest BCUT2D eigenvalue weighted by Gasteiger charge is 2.10. The van der Waals surface area contributed by atoms with Gasteiger partial charge in [0.05, 0.1) is 0 Å². The molecule has 1 aromatic carbocycles. The van der Waals surface area contributed by atoms with E-state index in [2.05, 4.69) is 11.8 Å². The number of amides is 1. The Kier molecular flexibility index (Phi) is 4.89. The monoisotopic (exact) mass is 233 g/mol. The van der Waals surface area contributed by atoms with Crippen molar-refractivity contribution in [3.63, 3.8) is 0 Å². The van der Waals surface area contributed by atoms with E-state index in [-0.39, 0.29) is 0 Å². The highest BCUT2D eigenvalue weighted by Crippen LogP contribution is 2.20. The second kappa shape index (κ2) is 6.44. The predicted octanol–water partition coefficient (Wildman–Crippen LogP) is 1.34. The molecule has 0 heterocycles. The predicted molar refractivity (Wildman–Crippen MR) is 64.7 cm³/mol. The van der Waals surface area contributed by atoms with Crippen LogP contribution in [0.15, 0.2) is 24.3 Å². The van der Waals surface area contributed by atoms with Crippen molar-refractivity contribution in [1.29, 1.82) is 0 Å². The van der Waals surface area contributed by atoms with Gasteiger partial charge in [-0.2, -0.15) is 0 Å². The summed E-state index contributed by atoms with van der Waals surface area (Å²) in [5, 5.41) is 0. The van der Waals surface area contributed by atoms with Crippen molar-refractivity contribution < 1.29 is 14.3 Å². The molecule has 0 bridgehead atoms. The number of carbonyl (C=O) groups excluding carboxylic acids is 1. The van der Waals surface area contributed by atoms with Gasteiger partial charge >= 0.3 is 0 Å². The summed E-state index contributed by atoms with van der Waals surface area (Å²) >= 11 is 0. The van der Waals surface area contributed by atoms with Crippen molar-refractivity contribution in [2.45, 2.75) is 20.0 Å². The van der Waals surface area contributed by atoms with E-state index in [1.54, 1.807) is 38.1 Å². The molecule has 0 aliphatic rings. The SMILES string of the molecule is CC#CCOc1cccc(OC(C)C(N)=O)c1. The van der Waals surface area contributed by atoms with E-state index in [0.29, 0.717) is 18.1 Å². The lowest BCUT2D eigenvalue weighted by Gasteiger charge is -2.12. The lowest BCUT2D eigenvalue weighted by atomic mass is 10.3. The van der Waals surface area contributed by atoms with E-state index in [0.717, 1.165) is 0 Å². The molecule has 1 atom stereocenters. The molecule has 1 amide bonds. The summed E-state index contributed by atoms with van der Waals surface area (Å²) in [7, 11) is 0. The summed E-state index contributed by atoms with van der Waals surface area (Å²) in [5.74, 6) is 6.19. The number of primary amides is 1. The molecule has 0 aromatic heterocycles. The average molecular weight is 233 g/mol. The quantitative estimate of drug-likeness (QED) is 0.781. The topological polar surface area (TPSA) is 61.6 Å². The second-order valence-electron chi connectivity index (χ2n) is 3.35. The smallest absolute Gasteiger partial charge is 0.258 e. The number of ether oxygens (including phenoxy) is 2. The van der Waals surface area contributed by atoms with E-state index in [1.165, 1.54) is 0 Å². The number of benzene rings is 1. The minimum atomic E-state index is -0.666. The minimum Gasteiger partial charge on any atom is -0.481 e. The molecule has 0 saturated heterocycles. The summed E-state index contributed by atoms with van der Waals surface area (Å²) < 4.78 is 10.7. The first-order valence-electron chi connectivity index (χ1n) is 5.22. The first-order chi connectivity index (χ1) is 8.13. The molecule has 0 fully saturated rings. The highest BCUT2D eigenvalue weighted by molar-refractivity contribution is 5.78. The van der Waals surface area contributed by atoms with Crippen LogP contribution >= 0.6 is 0 Å². The standard InChI is InChI=1S/C13H15NO3/c1-3-4-8-16-11-6-5-7-12(9-11)17-10(2)13(14)15/h5-7,9-10H,8H2,1-2H3,(H2,14,15). The Bertz CT molecular complexity index is 445. The van der Waals surface area contributed by atoms with E-state index in [4.69, 9.17) is 15.2 Å². The molecule has 17 heavy (non-hydrogen) atoms. The van der Waals surface area contributed by atoms with Gasteiger partial charge in [-0.1, -0.05) is 12.0 Å². The van der Waals surface area contributed by atoms with Crippen LogP contribution in [0.4, 0.5) is 0 Å². The van der Waals surface area contributed by atoms with Crippen LogP contribution in [0.3, 0.4) is 0 Å². The van der Waals surface area contributed by atoms with E-state index in [9.17, 15) is 4.79 Å². The van der Waals surface area contributed by atoms with Crippen molar-refractivity contribution in [2.24, 2.45) is 5.73 Å². The van der Waals surface area contributed by atoms with Gasteiger partial charge in [-0.05, 0) is 26.0 Å². The molecular weight excluding hydrogens is 218 g/mol. The largest absolute Gasteiger partial charge is 0.481 e. The Hall–Kier alpha value is -2.15. The van der Waals surface area contributed by atoms with Crippen LogP contribution in [-0.2, 0) is 4.79 Å². The summed E-state index contributed by atoms with van der Waals surface area (Å²) in [6, 6.07) is 6.99. The molecule has 1 unspecified atom stereocenters. The zero-order valence-electron chi connectivity index (χ0n) is 9.90. The molecular formula is C13H15NO3. The van der Waals surface area contributed by atoms with Crippen molar-refractivity contribution in [2.75, 3.05) is 6.61 Å². The van der Waals surface area contributed by atoms with Gasteiger partial charge in [-0.3, -0.25) is 4.79 Å². The first-order valence-corrected chi connectivity index (χ1v) is 5.22. The molecule has 0 aliphatic carbocycles. The molecule has 90 valence electrons. The normalized spacial score (nSPS) is 10.9. The van der Waals surface area contributed by atoms with Gasteiger partial charge in [0, 0.05) is 6.07 Å². The summed E-state index contributed by atoms with van der Waals surface area (Å²) in [4.78, 5) is 10.8. The van der Waals surface area contributed by atoms with Crippen LogP contribution in [0.25, 0.3) is 0 Å². The minimum absolute atomic E-state index is 0.325. The molecule has 4 heteroatoms. The molecule has 4 nitrogen and oxygen atoms in total. The average Bonchev–Trinajstić information content (AvgIpc) is 2.30. The molecule has 0 spiro atoms. The third kappa shape index (κ3) is 4.47. The summed E-state index contributed by atoms with van der Waals surface area (Å²) in [5.41, 5.74) is 5.11. The number of carbonyl (C=O) groups is 1. The van der Waals surface area contributed by atoms with Gasteiger partial charge in [-0.15, -0.1) is 5.92 Å². The maximum absolute atomic E-state index is 10.8. The van der Waals surface area contributed by atoms with Crippen LogP contribution < -0.4 is 15.2 Å². The van der Waals surface area contributed by atoms with Gasteiger partial charge < -0.3 is 15.2 Å². The Morgan fingerprint density at radius 3 is 2.82 bits per heavy atom. The van der Waals surface area contributed by atoms with Crippen LogP contribution in [0, 0.1) is 11.8 Å². The molecule has 0 radical (unpaired) electrons. The number of rotatable bonds is 5. The first kappa shape index (κ1) is 12.9. The van der Waals surface area contributed by atoms with Gasteiger partial charge in [-0.25, -0.2) is 0 Å². The van der Waals surface area contributed by atoms with Crippen LogP contribution in [0.5, 0.6) is 11.5 Å². The summed E-state index contributed by atoms with van der Waals surface area (Å²) in [6.07, 6.45) is -0.666. The van der Waals surface area contributed by atoms with Crippen LogP contribution in [0.1, 0.15) is 13.8 Å². The Morgan fingerprint density at radius 2 is 2.18 bits per heavy atom. The van der Waals surface area contributed by atoms with Gasteiger partial charge in [0.15, 0.2) is 6.10 Å². The molecule has 2 N–H and O–H groups in total. The van der Waals surface area contributed by atoms with Crippen molar-refractivity contribution in [3.8, 4) is 23.3 Å². The van der Waals surface area contributed by atoms with Crippen molar-refractivity contribution in [3.05, 3.63) is 24.3 Å². The van der Waals surface area contributed by atoms with Crippen molar-refractivity contribution in [1.82, 2.24) is 0 Å². The molecule has 0 aliphatic heterocycles. The molecule has 0 saturated carbocycles. The summed E-state index contributed by atoms with van der Waals surface area (Å²) in [6.45, 7) is 3.67. The zero-order chi connectivity index (χ0) is 12.7. The fraction of sp³-hybridized carbons (Fsp3) is 0.308.